The first-order valence-corrected chi connectivity index (χ1v) is 7.31. The Balaban J connectivity index is 2.04. The normalized spacial score (nSPS) is 12.0. The largest absolute Gasteiger partial charge is 0.417 e. The van der Waals surface area contributed by atoms with Gasteiger partial charge in [0.05, 0.1) is 16.3 Å². The molecule has 0 saturated heterocycles. The highest BCUT2D eigenvalue weighted by molar-refractivity contribution is 6.33. The van der Waals surface area contributed by atoms with Crippen molar-refractivity contribution in [1.82, 2.24) is 9.38 Å². The van der Waals surface area contributed by atoms with E-state index < -0.39 is 11.7 Å². The molecule has 0 amide bonds. The Hall–Kier alpha value is -2.05. The van der Waals surface area contributed by atoms with Gasteiger partial charge in [-0.3, -0.25) is 0 Å². The molecular weight excluding hydrogens is 327 g/mol. The lowest BCUT2D eigenvalue weighted by Gasteiger charge is -2.07. The molecule has 120 valence electrons. The van der Waals surface area contributed by atoms with Crippen LogP contribution in [0.1, 0.15) is 11.1 Å². The average Bonchev–Trinajstić information content (AvgIpc) is 2.92. The molecule has 0 unspecified atom stereocenters. The quantitative estimate of drug-likeness (QED) is 0.778. The molecule has 0 aliphatic heterocycles. The minimum Gasteiger partial charge on any atom is -0.330 e. The zero-order valence-corrected chi connectivity index (χ0v) is 12.7. The number of imidazole rings is 1. The van der Waals surface area contributed by atoms with Crippen molar-refractivity contribution in [2.24, 2.45) is 5.73 Å². The van der Waals surface area contributed by atoms with Gasteiger partial charge >= 0.3 is 6.18 Å². The van der Waals surface area contributed by atoms with Gasteiger partial charge in [-0.1, -0.05) is 35.9 Å². The van der Waals surface area contributed by atoms with Crippen LogP contribution in [0.3, 0.4) is 0 Å². The van der Waals surface area contributed by atoms with Crippen molar-refractivity contribution in [1.29, 1.82) is 0 Å². The third kappa shape index (κ3) is 3.18. The van der Waals surface area contributed by atoms with Crippen LogP contribution in [-0.2, 0) is 12.6 Å². The molecule has 0 fully saturated rings. The molecule has 1 aromatic carbocycles. The van der Waals surface area contributed by atoms with Crippen LogP contribution in [-0.4, -0.2) is 15.9 Å². The van der Waals surface area contributed by atoms with Crippen LogP contribution in [0.15, 0.2) is 42.7 Å². The maximum Gasteiger partial charge on any atom is 0.417 e. The lowest BCUT2D eigenvalue weighted by Crippen LogP contribution is -2.06. The van der Waals surface area contributed by atoms with E-state index in [4.69, 9.17) is 17.3 Å². The van der Waals surface area contributed by atoms with E-state index >= 15 is 0 Å². The lowest BCUT2D eigenvalue weighted by molar-refractivity contribution is -0.137. The molecule has 2 N–H and O–H groups in total. The first kappa shape index (κ1) is 15.8. The van der Waals surface area contributed by atoms with Gasteiger partial charge in [0.1, 0.15) is 0 Å². The minimum absolute atomic E-state index is 0.0363. The molecule has 0 saturated carbocycles. The van der Waals surface area contributed by atoms with Gasteiger partial charge in [-0.05, 0) is 24.6 Å². The summed E-state index contributed by atoms with van der Waals surface area (Å²) >= 11 is 5.94. The van der Waals surface area contributed by atoms with Gasteiger partial charge < -0.3 is 10.1 Å². The second-order valence-electron chi connectivity index (χ2n) is 5.17. The summed E-state index contributed by atoms with van der Waals surface area (Å²) in [5.74, 6) is 0. The highest BCUT2D eigenvalue weighted by atomic mass is 35.5. The summed E-state index contributed by atoms with van der Waals surface area (Å²) in [5.41, 5.74) is 7.45. The molecule has 0 spiro atoms. The predicted molar refractivity (Wildman–Crippen MR) is 83.4 cm³/mol. The van der Waals surface area contributed by atoms with E-state index in [1.54, 1.807) is 0 Å². The monoisotopic (exact) mass is 339 g/mol. The van der Waals surface area contributed by atoms with E-state index in [0.29, 0.717) is 17.9 Å². The van der Waals surface area contributed by atoms with Crippen molar-refractivity contribution >= 4 is 17.2 Å². The van der Waals surface area contributed by atoms with E-state index in [-0.39, 0.29) is 5.02 Å². The van der Waals surface area contributed by atoms with Crippen molar-refractivity contribution in [3.8, 4) is 11.3 Å². The Bertz CT molecular complexity index is 838. The lowest BCUT2D eigenvalue weighted by atomic mass is 10.1. The van der Waals surface area contributed by atoms with Crippen LogP contribution in [0, 0.1) is 0 Å². The summed E-state index contributed by atoms with van der Waals surface area (Å²) in [4.78, 5) is 4.32. The number of nitrogens with two attached hydrogens (primary N) is 1. The Kier molecular flexibility index (Phi) is 4.04. The minimum atomic E-state index is -4.45. The van der Waals surface area contributed by atoms with Crippen LogP contribution in [0.2, 0.25) is 5.02 Å². The molecule has 0 atom stereocenters. The van der Waals surface area contributed by atoms with Crippen LogP contribution >= 0.6 is 11.6 Å². The molecule has 3 nitrogen and oxygen atoms in total. The van der Waals surface area contributed by atoms with Crippen LogP contribution in [0.25, 0.3) is 16.9 Å². The Labute approximate surface area is 135 Å². The molecule has 0 aliphatic carbocycles. The highest BCUT2D eigenvalue weighted by Gasteiger charge is 2.31. The van der Waals surface area contributed by atoms with E-state index in [2.05, 4.69) is 4.98 Å². The molecule has 0 radical (unpaired) electrons. The number of hydrogen-bond donors (Lipinski definition) is 1. The molecule has 2 aromatic heterocycles. The van der Waals surface area contributed by atoms with Crippen molar-refractivity contribution in [3.63, 3.8) is 0 Å². The summed E-state index contributed by atoms with van der Waals surface area (Å²) in [5, 5.41) is -0.0363. The standard InChI is InChI=1S/C16H13ClF3N3/c17-13-7-12(16(18,19)20)8-23-9-14(22-15(13)23)11-3-1-10(2-4-11)5-6-21/h1-4,7-9H,5-6,21H2. The van der Waals surface area contributed by atoms with Gasteiger partial charge in [-0.2, -0.15) is 13.2 Å². The highest BCUT2D eigenvalue weighted by Crippen LogP contribution is 2.33. The smallest absolute Gasteiger partial charge is 0.330 e. The number of pyridine rings is 1. The van der Waals surface area contributed by atoms with Crippen LogP contribution < -0.4 is 5.73 Å². The van der Waals surface area contributed by atoms with E-state index in [1.165, 1.54) is 10.6 Å². The van der Waals surface area contributed by atoms with Gasteiger partial charge in [0.2, 0.25) is 0 Å². The SMILES string of the molecule is NCCc1ccc(-c2cn3cc(C(F)(F)F)cc(Cl)c3n2)cc1. The summed E-state index contributed by atoms with van der Waals surface area (Å²) in [6.45, 7) is 0.559. The Morgan fingerprint density at radius 3 is 2.43 bits per heavy atom. The van der Waals surface area contributed by atoms with Crippen molar-refractivity contribution in [2.45, 2.75) is 12.6 Å². The fourth-order valence-corrected chi connectivity index (χ4v) is 2.62. The molecule has 23 heavy (non-hydrogen) atoms. The van der Waals surface area contributed by atoms with Gasteiger partial charge in [-0.25, -0.2) is 4.98 Å². The summed E-state index contributed by atoms with van der Waals surface area (Å²) in [6.07, 6.45) is -1.16. The van der Waals surface area contributed by atoms with Gasteiger partial charge in [0, 0.05) is 18.0 Å². The third-order valence-corrected chi connectivity index (χ3v) is 3.79. The number of hydrogen-bond acceptors (Lipinski definition) is 2. The fraction of sp³-hybridized carbons (Fsp3) is 0.188. The van der Waals surface area contributed by atoms with Gasteiger partial charge in [0.25, 0.3) is 0 Å². The van der Waals surface area contributed by atoms with Crippen LogP contribution in [0.4, 0.5) is 13.2 Å². The Morgan fingerprint density at radius 1 is 1.13 bits per heavy atom. The zero-order valence-electron chi connectivity index (χ0n) is 11.9. The molecular formula is C16H13ClF3N3. The molecule has 7 heteroatoms. The summed E-state index contributed by atoms with van der Waals surface area (Å²) in [7, 11) is 0. The average molecular weight is 340 g/mol. The number of benzene rings is 1. The number of nitrogens with zero attached hydrogens (tertiary/aromatic N) is 2. The first-order chi connectivity index (χ1) is 10.9. The third-order valence-electron chi connectivity index (χ3n) is 3.52. The number of rotatable bonds is 3. The molecule has 2 heterocycles. The van der Waals surface area contributed by atoms with E-state index in [0.717, 1.165) is 29.8 Å². The predicted octanol–water partition coefficient (Wildman–Crippen LogP) is 4.17. The molecule has 0 aliphatic rings. The number of halogens is 4. The fourth-order valence-electron chi connectivity index (χ4n) is 2.36. The van der Waals surface area contributed by atoms with Crippen molar-refractivity contribution < 1.29 is 13.2 Å². The number of aromatic nitrogens is 2. The van der Waals surface area contributed by atoms with Crippen molar-refractivity contribution in [2.75, 3.05) is 6.54 Å². The molecule has 3 aromatic rings. The van der Waals surface area contributed by atoms with Crippen molar-refractivity contribution in [3.05, 3.63) is 58.9 Å². The van der Waals surface area contributed by atoms with Crippen LogP contribution in [0.5, 0.6) is 0 Å². The maximum absolute atomic E-state index is 12.8. The summed E-state index contributed by atoms with van der Waals surface area (Å²) < 4.78 is 39.8. The first-order valence-electron chi connectivity index (χ1n) is 6.93. The van der Waals surface area contributed by atoms with E-state index in [9.17, 15) is 13.2 Å². The second kappa shape index (κ2) is 5.86. The second-order valence-corrected chi connectivity index (χ2v) is 5.57. The van der Waals surface area contributed by atoms with Gasteiger partial charge in [-0.15, -0.1) is 0 Å². The zero-order chi connectivity index (χ0) is 16.6. The van der Waals surface area contributed by atoms with E-state index in [1.807, 2.05) is 24.3 Å². The Morgan fingerprint density at radius 2 is 1.83 bits per heavy atom. The number of alkyl halides is 3. The van der Waals surface area contributed by atoms with Gasteiger partial charge in [0.15, 0.2) is 5.65 Å². The topological polar surface area (TPSA) is 43.3 Å². The summed E-state index contributed by atoms with van der Waals surface area (Å²) in [6, 6.07) is 8.47. The molecule has 3 rings (SSSR count). The number of fused-ring (bicyclic) bond motifs is 1. The molecule has 0 bridgehead atoms. The maximum atomic E-state index is 12.8.